The SMILES string of the molecule is C=C(CCC)Nc1cncc(C(=C)/C=c2/c(-c3nc4c(-c5cc(F)cc(CNS(=C)(=C)C)c5)cccc4[nH]3)n[nH]/c2=C/C)c1. The Bertz CT molecular complexity index is 2100. The van der Waals surface area contributed by atoms with Gasteiger partial charge in [0.05, 0.1) is 28.3 Å². The third kappa shape index (κ3) is 7.07. The number of nitrogens with zero attached hydrogens (tertiary/aromatic N) is 3. The van der Waals surface area contributed by atoms with Crippen LogP contribution in [0.15, 0.2) is 73.7 Å². The molecular formula is C35H38FN7S. The molecule has 3 aromatic heterocycles. The molecule has 44 heavy (non-hydrogen) atoms. The monoisotopic (exact) mass is 607 g/mol. The highest BCUT2D eigenvalue weighted by molar-refractivity contribution is 8.25. The number of para-hydroxylation sites is 1. The fourth-order valence-electron chi connectivity index (χ4n) is 4.96. The molecule has 0 saturated carbocycles. The zero-order valence-corrected chi connectivity index (χ0v) is 26.2. The molecule has 0 saturated heterocycles. The molecule has 0 radical (unpaired) electrons. The van der Waals surface area contributed by atoms with Crippen LogP contribution in [0.25, 0.3) is 51.4 Å². The van der Waals surface area contributed by atoms with E-state index in [0.29, 0.717) is 18.1 Å². The Morgan fingerprint density at radius 2 is 1.93 bits per heavy atom. The van der Waals surface area contributed by atoms with Crippen LogP contribution in [-0.2, 0) is 6.54 Å². The van der Waals surface area contributed by atoms with Crippen molar-refractivity contribution in [3.05, 3.63) is 101 Å². The summed E-state index contributed by atoms with van der Waals surface area (Å²) in [6, 6.07) is 12.9. The smallest absolute Gasteiger partial charge is 0.159 e. The van der Waals surface area contributed by atoms with Crippen molar-refractivity contribution >= 4 is 55.6 Å². The first-order valence-corrected chi connectivity index (χ1v) is 16.7. The normalized spacial score (nSPS) is 12.6. The van der Waals surface area contributed by atoms with Crippen LogP contribution < -0.4 is 20.6 Å². The summed E-state index contributed by atoms with van der Waals surface area (Å²) in [4.78, 5) is 12.8. The highest BCUT2D eigenvalue weighted by Gasteiger charge is 2.15. The second kappa shape index (κ2) is 12.9. The Balaban J connectivity index is 1.54. The summed E-state index contributed by atoms with van der Waals surface area (Å²) in [6.45, 7) is 13.0. The predicted molar refractivity (Wildman–Crippen MR) is 188 cm³/mol. The number of pyridine rings is 1. The average molecular weight is 608 g/mol. The molecule has 5 rings (SSSR count). The summed E-state index contributed by atoms with van der Waals surface area (Å²) in [5.74, 6) is 8.39. The number of nitrogens with one attached hydrogen (secondary N) is 4. The zero-order valence-electron chi connectivity index (χ0n) is 25.4. The maximum Gasteiger partial charge on any atom is 0.159 e. The van der Waals surface area contributed by atoms with E-state index in [1.165, 1.54) is 12.1 Å². The van der Waals surface area contributed by atoms with Crippen molar-refractivity contribution in [1.29, 1.82) is 0 Å². The third-order valence-corrected chi connectivity index (χ3v) is 7.89. The molecule has 0 atom stereocenters. The van der Waals surface area contributed by atoms with Crippen LogP contribution in [0.1, 0.15) is 37.8 Å². The van der Waals surface area contributed by atoms with E-state index in [1.54, 1.807) is 12.4 Å². The molecule has 4 N–H and O–H groups in total. The van der Waals surface area contributed by atoms with Gasteiger partial charge in [0.1, 0.15) is 11.5 Å². The highest BCUT2D eigenvalue weighted by atomic mass is 32.2. The summed E-state index contributed by atoms with van der Waals surface area (Å²) in [5.41, 5.74) is 8.01. The summed E-state index contributed by atoms with van der Waals surface area (Å²) < 4.78 is 18.1. The molecule has 3 heterocycles. The number of rotatable bonds is 11. The standard InChI is InChI=1S/C35H38FN7S/c1-8-11-23(4)39-28-18-26(20-37-21-28)22(3)14-30-31(9-2)42-43-34(30)35-40-32-13-10-12-29(33(32)41-35)25-15-24(16-27(36)17-25)19-38-44(5,6)7/h9-10,12-18,20-21,38-39,42H,3-6,8,11,19H2,1-2,7H3,(H,40,41)/b30-14+,31-9+. The van der Waals surface area contributed by atoms with Crippen molar-refractivity contribution < 1.29 is 4.39 Å². The average Bonchev–Trinajstić information content (AvgIpc) is 3.59. The van der Waals surface area contributed by atoms with E-state index in [2.05, 4.69) is 62.0 Å². The van der Waals surface area contributed by atoms with Crippen LogP contribution in [0.3, 0.4) is 0 Å². The van der Waals surface area contributed by atoms with Gasteiger partial charge in [-0.2, -0.15) is 14.5 Å². The Morgan fingerprint density at radius 1 is 1.11 bits per heavy atom. The van der Waals surface area contributed by atoms with Crippen molar-refractivity contribution in [3.8, 4) is 22.6 Å². The number of hydrogen-bond donors (Lipinski definition) is 4. The van der Waals surface area contributed by atoms with Crippen molar-refractivity contribution in [3.63, 3.8) is 0 Å². The van der Waals surface area contributed by atoms with Gasteiger partial charge in [0.15, 0.2) is 5.82 Å². The van der Waals surface area contributed by atoms with Crippen LogP contribution in [-0.4, -0.2) is 43.1 Å². The third-order valence-electron chi connectivity index (χ3n) is 7.05. The van der Waals surface area contributed by atoms with Crippen LogP contribution in [0, 0.1) is 5.82 Å². The number of fused-ring (bicyclic) bond motifs is 1. The van der Waals surface area contributed by atoms with Gasteiger partial charge in [-0.3, -0.25) is 14.8 Å². The van der Waals surface area contributed by atoms with Gasteiger partial charge < -0.3 is 10.3 Å². The van der Waals surface area contributed by atoms with E-state index in [0.717, 1.165) is 73.7 Å². The number of imidazole rings is 1. The molecular weight excluding hydrogens is 569 g/mol. The van der Waals surface area contributed by atoms with Crippen molar-refractivity contribution in [2.45, 2.75) is 33.2 Å². The number of aromatic nitrogens is 5. The molecule has 9 heteroatoms. The van der Waals surface area contributed by atoms with Gasteiger partial charge in [-0.05, 0) is 72.7 Å². The number of halogens is 1. The van der Waals surface area contributed by atoms with E-state index < -0.39 is 9.39 Å². The number of aromatic amines is 2. The first-order chi connectivity index (χ1) is 21.0. The number of anilines is 1. The minimum absolute atomic E-state index is 0.314. The molecule has 0 spiro atoms. The van der Waals surface area contributed by atoms with Crippen molar-refractivity contribution in [2.75, 3.05) is 11.6 Å². The van der Waals surface area contributed by atoms with E-state index in [4.69, 9.17) is 4.98 Å². The van der Waals surface area contributed by atoms with Crippen LogP contribution >= 0.6 is 9.39 Å². The quantitative estimate of drug-likeness (QED) is 0.129. The van der Waals surface area contributed by atoms with Crippen molar-refractivity contribution in [1.82, 2.24) is 29.9 Å². The zero-order chi connectivity index (χ0) is 31.4. The number of hydrogen-bond acceptors (Lipinski definition) is 5. The first-order valence-electron chi connectivity index (χ1n) is 14.3. The Labute approximate surface area is 258 Å². The molecule has 0 aliphatic heterocycles. The largest absolute Gasteiger partial charge is 0.358 e. The molecule has 0 unspecified atom stereocenters. The van der Waals surface area contributed by atoms with Gasteiger partial charge in [0, 0.05) is 34.8 Å². The molecule has 0 fully saturated rings. The number of allylic oxidation sites excluding steroid dienone is 2. The number of benzene rings is 2. The molecule has 226 valence electrons. The molecule has 7 nitrogen and oxygen atoms in total. The summed E-state index contributed by atoms with van der Waals surface area (Å²) in [6.07, 6.45) is 11.4. The molecule has 0 aliphatic rings. The highest BCUT2D eigenvalue weighted by Crippen LogP contribution is 2.30. The molecule has 2 aromatic carbocycles. The maximum atomic E-state index is 14.8. The van der Waals surface area contributed by atoms with Gasteiger partial charge >= 0.3 is 0 Å². The predicted octanol–water partition coefficient (Wildman–Crippen LogP) is 6.48. The minimum atomic E-state index is -1.44. The van der Waals surface area contributed by atoms with Gasteiger partial charge in [-0.15, -0.1) is 0 Å². The fourth-order valence-corrected chi connectivity index (χ4v) is 5.48. The Kier molecular flexibility index (Phi) is 8.98. The summed E-state index contributed by atoms with van der Waals surface area (Å²) >= 11 is 0. The van der Waals surface area contributed by atoms with Crippen LogP contribution in [0.4, 0.5) is 10.1 Å². The van der Waals surface area contributed by atoms with Crippen LogP contribution in [0.2, 0.25) is 0 Å². The van der Waals surface area contributed by atoms with Gasteiger partial charge in [0.25, 0.3) is 0 Å². The summed E-state index contributed by atoms with van der Waals surface area (Å²) in [5, 5.41) is 12.7. The molecule has 5 aromatic rings. The van der Waals surface area contributed by atoms with E-state index in [-0.39, 0.29) is 5.82 Å². The lowest BCUT2D eigenvalue weighted by molar-refractivity contribution is 0.625. The molecule has 0 bridgehead atoms. The van der Waals surface area contributed by atoms with Crippen molar-refractivity contribution in [2.24, 2.45) is 0 Å². The molecule has 0 amide bonds. The van der Waals surface area contributed by atoms with Gasteiger partial charge in [-0.25, -0.2) is 9.37 Å². The topological polar surface area (TPSA) is 94.3 Å². The van der Waals surface area contributed by atoms with Gasteiger partial charge in [0.2, 0.25) is 0 Å². The fraction of sp³-hybridized carbons (Fsp3) is 0.171. The molecule has 0 aliphatic carbocycles. The lowest BCUT2D eigenvalue weighted by Gasteiger charge is -2.12. The Morgan fingerprint density at radius 3 is 2.68 bits per heavy atom. The van der Waals surface area contributed by atoms with E-state index in [9.17, 15) is 4.39 Å². The van der Waals surface area contributed by atoms with Crippen LogP contribution in [0.5, 0.6) is 0 Å². The number of H-pyrrole nitrogens is 2. The van der Waals surface area contributed by atoms with E-state index >= 15 is 0 Å². The maximum absolute atomic E-state index is 14.8. The second-order valence-electron chi connectivity index (χ2n) is 11.0. The lowest BCUT2D eigenvalue weighted by Crippen LogP contribution is -2.23. The van der Waals surface area contributed by atoms with Gasteiger partial charge in [-0.1, -0.05) is 56.5 Å². The lowest BCUT2D eigenvalue weighted by atomic mass is 10.0. The summed E-state index contributed by atoms with van der Waals surface area (Å²) in [7, 11) is -1.44. The minimum Gasteiger partial charge on any atom is -0.358 e. The Hall–Kier alpha value is -4.73. The second-order valence-corrected chi connectivity index (χ2v) is 13.9. The first kappa shape index (κ1) is 30.7. The van der Waals surface area contributed by atoms with E-state index in [1.807, 2.05) is 55.7 Å².